The molecular formula is C14H18ClNO4. The summed E-state index contributed by atoms with van der Waals surface area (Å²) in [7, 11) is 1.52. The number of halogens is 1. The van der Waals surface area contributed by atoms with Gasteiger partial charge in [-0.15, -0.1) is 0 Å². The van der Waals surface area contributed by atoms with Crippen LogP contribution in [-0.4, -0.2) is 30.8 Å². The number of benzene rings is 1. The Balaban J connectivity index is 2.36. The first-order valence-electron chi connectivity index (χ1n) is 6.53. The Labute approximate surface area is 122 Å². The van der Waals surface area contributed by atoms with Crippen LogP contribution in [0.25, 0.3) is 0 Å². The molecule has 3 N–H and O–H groups in total. The van der Waals surface area contributed by atoms with Crippen LogP contribution in [0.4, 0.5) is 0 Å². The van der Waals surface area contributed by atoms with Gasteiger partial charge in [-0.2, -0.15) is 0 Å². The predicted octanol–water partition coefficient (Wildman–Crippen LogP) is 2.41. The van der Waals surface area contributed by atoms with E-state index in [0.717, 1.165) is 19.3 Å². The summed E-state index contributed by atoms with van der Waals surface area (Å²) in [6.07, 6.45) is 3.31. The Hall–Kier alpha value is -1.46. The maximum Gasteiger partial charge on any atom is 0.312 e. The van der Waals surface area contributed by atoms with Crippen molar-refractivity contribution in [3.05, 3.63) is 22.7 Å². The zero-order chi connectivity index (χ0) is 14.7. The molecule has 5 nitrogen and oxygen atoms in total. The summed E-state index contributed by atoms with van der Waals surface area (Å²) in [5.41, 5.74) is 5.98. The molecule has 20 heavy (non-hydrogen) atoms. The molecule has 1 aliphatic rings. The zero-order valence-electron chi connectivity index (χ0n) is 11.3. The molecule has 0 radical (unpaired) electrons. The largest absolute Gasteiger partial charge is 0.493 e. The Bertz CT molecular complexity index is 502. The molecule has 1 atom stereocenters. The molecule has 0 saturated heterocycles. The van der Waals surface area contributed by atoms with Crippen molar-refractivity contribution in [2.75, 3.05) is 13.7 Å². The maximum atomic E-state index is 11.2. The van der Waals surface area contributed by atoms with Crippen LogP contribution in [0.5, 0.6) is 11.5 Å². The van der Waals surface area contributed by atoms with Gasteiger partial charge in [0.2, 0.25) is 0 Å². The summed E-state index contributed by atoms with van der Waals surface area (Å²) in [5, 5.41) is 9.52. The van der Waals surface area contributed by atoms with E-state index in [4.69, 9.17) is 26.8 Å². The van der Waals surface area contributed by atoms with Gasteiger partial charge in [0.15, 0.2) is 11.5 Å². The van der Waals surface area contributed by atoms with Crippen molar-refractivity contribution in [2.24, 2.45) is 5.73 Å². The van der Waals surface area contributed by atoms with Gasteiger partial charge in [0.25, 0.3) is 0 Å². The molecule has 1 fully saturated rings. The summed E-state index contributed by atoms with van der Waals surface area (Å²) in [6, 6.07) is 3.21. The third-order valence-corrected chi connectivity index (χ3v) is 3.87. The van der Waals surface area contributed by atoms with Crippen molar-refractivity contribution in [3.63, 3.8) is 0 Å². The summed E-state index contributed by atoms with van der Waals surface area (Å²) in [4.78, 5) is 11.2. The molecule has 1 aromatic carbocycles. The van der Waals surface area contributed by atoms with Gasteiger partial charge in [0.1, 0.15) is 0 Å². The lowest BCUT2D eigenvalue weighted by Gasteiger charge is -2.28. The normalized spacial score (nSPS) is 16.4. The molecule has 1 aliphatic carbocycles. The lowest BCUT2D eigenvalue weighted by atomic mass is 9.95. The first kappa shape index (κ1) is 14.9. The molecule has 0 heterocycles. The van der Waals surface area contributed by atoms with E-state index in [9.17, 15) is 9.90 Å². The van der Waals surface area contributed by atoms with E-state index in [1.807, 2.05) is 0 Å². The van der Waals surface area contributed by atoms with Gasteiger partial charge in [-0.25, -0.2) is 0 Å². The quantitative estimate of drug-likeness (QED) is 0.843. The first-order valence-corrected chi connectivity index (χ1v) is 6.91. The lowest BCUT2D eigenvalue weighted by Crippen LogP contribution is -2.25. The number of carbonyl (C=O) groups is 1. The number of ether oxygens (including phenoxy) is 2. The van der Waals surface area contributed by atoms with Gasteiger partial charge in [-0.05, 0) is 30.9 Å². The molecule has 110 valence electrons. The maximum absolute atomic E-state index is 11.2. The van der Waals surface area contributed by atoms with E-state index in [1.165, 1.54) is 7.11 Å². The van der Waals surface area contributed by atoms with Gasteiger partial charge in [0.05, 0.1) is 19.1 Å². The predicted molar refractivity (Wildman–Crippen MR) is 75.7 cm³/mol. The molecule has 0 bridgehead atoms. The third-order valence-electron chi connectivity index (χ3n) is 3.54. The number of rotatable bonds is 6. The SMILES string of the molecule is COc1cc(Cl)c(C(CN)C(=O)O)cc1OC1CCC1. The van der Waals surface area contributed by atoms with Gasteiger partial charge in [0, 0.05) is 17.6 Å². The van der Waals surface area contributed by atoms with Gasteiger partial charge in [-0.1, -0.05) is 11.6 Å². The minimum Gasteiger partial charge on any atom is -0.493 e. The molecule has 1 saturated carbocycles. The van der Waals surface area contributed by atoms with Crippen molar-refractivity contribution in [1.82, 2.24) is 0 Å². The monoisotopic (exact) mass is 299 g/mol. The van der Waals surface area contributed by atoms with Crippen LogP contribution in [-0.2, 0) is 4.79 Å². The summed E-state index contributed by atoms with van der Waals surface area (Å²) in [6.45, 7) is -0.0236. The van der Waals surface area contributed by atoms with E-state index < -0.39 is 11.9 Å². The van der Waals surface area contributed by atoms with Crippen LogP contribution < -0.4 is 15.2 Å². The highest BCUT2D eigenvalue weighted by Crippen LogP contribution is 2.38. The number of carboxylic acids is 1. The Kier molecular flexibility index (Phi) is 4.73. The minimum atomic E-state index is -1.01. The second-order valence-electron chi connectivity index (χ2n) is 4.82. The number of nitrogens with two attached hydrogens (primary N) is 1. The van der Waals surface area contributed by atoms with Crippen LogP contribution in [0, 0.1) is 0 Å². The topological polar surface area (TPSA) is 81.8 Å². The van der Waals surface area contributed by atoms with Crippen molar-refractivity contribution in [3.8, 4) is 11.5 Å². The highest BCUT2D eigenvalue weighted by molar-refractivity contribution is 6.31. The summed E-state index contributed by atoms with van der Waals surface area (Å²) < 4.78 is 11.1. The fourth-order valence-electron chi connectivity index (χ4n) is 2.10. The first-order chi connectivity index (χ1) is 9.56. The second kappa shape index (κ2) is 6.33. The molecule has 1 unspecified atom stereocenters. The summed E-state index contributed by atoms with van der Waals surface area (Å²) in [5.74, 6) is -0.825. The molecule has 0 aromatic heterocycles. The highest BCUT2D eigenvalue weighted by Gasteiger charge is 2.25. The van der Waals surface area contributed by atoms with Gasteiger partial charge < -0.3 is 20.3 Å². The van der Waals surface area contributed by atoms with Crippen LogP contribution >= 0.6 is 11.6 Å². The van der Waals surface area contributed by atoms with Crippen LogP contribution in [0.15, 0.2) is 12.1 Å². The molecular weight excluding hydrogens is 282 g/mol. The van der Waals surface area contributed by atoms with Crippen molar-refractivity contribution >= 4 is 17.6 Å². The molecule has 1 aromatic rings. The minimum absolute atomic E-state index is 0.0236. The molecule has 2 rings (SSSR count). The zero-order valence-corrected chi connectivity index (χ0v) is 12.0. The van der Waals surface area contributed by atoms with Crippen LogP contribution in [0.2, 0.25) is 5.02 Å². The second-order valence-corrected chi connectivity index (χ2v) is 5.23. The lowest BCUT2D eigenvalue weighted by molar-refractivity contribution is -0.138. The molecule has 0 amide bonds. The van der Waals surface area contributed by atoms with E-state index in [0.29, 0.717) is 22.1 Å². The van der Waals surface area contributed by atoms with Crippen LogP contribution in [0.1, 0.15) is 30.7 Å². The van der Waals surface area contributed by atoms with Crippen molar-refractivity contribution in [1.29, 1.82) is 0 Å². The Morgan fingerprint density at radius 2 is 2.20 bits per heavy atom. The highest BCUT2D eigenvalue weighted by atomic mass is 35.5. The Morgan fingerprint density at radius 1 is 1.50 bits per heavy atom. The van der Waals surface area contributed by atoms with Crippen LogP contribution in [0.3, 0.4) is 0 Å². The average molecular weight is 300 g/mol. The number of carboxylic acid groups (broad SMARTS) is 1. The fourth-order valence-corrected chi connectivity index (χ4v) is 2.38. The van der Waals surface area contributed by atoms with Gasteiger partial charge in [-0.3, -0.25) is 4.79 Å². The third kappa shape index (κ3) is 2.99. The Morgan fingerprint density at radius 3 is 2.65 bits per heavy atom. The molecule has 6 heteroatoms. The average Bonchev–Trinajstić information content (AvgIpc) is 2.36. The smallest absolute Gasteiger partial charge is 0.312 e. The number of hydrogen-bond donors (Lipinski definition) is 2. The standard InChI is InChI=1S/C14H18ClNO4/c1-19-12-6-11(15)9(10(7-16)14(17)18)5-13(12)20-8-3-2-4-8/h5-6,8,10H,2-4,7,16H2,1H3,(H,17,18). The van der Waals surface area contributed by atoms with Crippen molar-refractivity contribution < 1.29 is 19.4 Å². The molecule has 0 spiro atoms. The number of methoxy groups -OCH3 is 1. The molecule has 0 aliphatic heterocycles. The van der Waals surface area contributed by atoms with E-state index in [2.05, 4.69) is 0 Å². The van der Waals surface area contributed by atoms with E-state index in [-0.39, 0.29) is 12.6 Å². The van der Waals surface area contributed by atoms with E-state index in [1.54, 1.807) is 12.1 Å². The van der Waals surface area contributed by atoms with Crippen molar-refractivity contribution in [2.45, 2.75) is 31.3 Å². The number of hydrogen-bond acceptors (Lipinski definition) is 4. The summed E-state index contributed by atoms with van der Waals surface area (Å²) >= 11 is 6.13. The fraction of sp³-hybridized carbons (Fsp3) is 0.500. The number of aliphatic carboxylic acids is 1. The van der Waals surface area contributed by atoms with Gasteiger partial charge >= 0.3 is 5.97 Å². The van der Waals surface area contributed by atoms with E-state index >= 15 is 0 Å².